The van der Waals surface area contributed by atoms with Crippen LogP contribution in [0, 0.1) is 5.82 Å². The van der Waals surface area contributed by atoms with Gasteiger partial charge in [-0.3, -0.25) is 0 Å². The fourth-order valence-electron chi connectivity index (χ4n) is 3.09. The van der Waals surface area contributed by atoms with Gasteiger partial charge in [-0.1, -0.05) is 30.3 Å². The maximum absolute atomic E-state index is 13.8. The first kappa shape index (κ1) is 15.0. The minimum absolute atomic E-state index is 0.0776. The SMILES string of the molecule is COc1ccc(C(C)NC2c3ccccc3CC2O)cc1F. The van der Waals surface area contributed by atoms with E-state index < -0.39 is 6.10 Å². The zero-order valence-electron chi connectivity index (χ0n) is 12.7. The number of rotatable bonds is 4. The average Bonchev–Trinajstić information content (AvgIpc) is 2.83. The second kappa shape index (κ2) is 6.07. The summed E-state index contributed by atoms with van der Waals surface area (Å²) in [5.41, 5.74) is 3.12. The summed E-state index contributed by atoms with van der Waals surface area (Å²) in [5.74, 6) is -0.136. The van der Waals surface area contributed by atoms with Crippen LogP contribution in [-0.4, -0.2) is 18.3 Å². The number of fused-ring (bicyclic) bond motifs is 1. The average molecular weight is 301 g/mol. The molecule has 2 aromatic rings. The van der Waals surface area contributed by atoms with Crippen molar-refractivity contribution in [2.75, 3.05) is 7.11 Å². The quantitative estimate of drug-likeness (QED) is 0.911. The lowest BCUT2D eigenvalue weighted by atomic mass is 10.0. The van der Waals surface area contributed by atoms with Gasteiger partial charge in [-0.05, 0) is 35.7 Å². The van der Waals surface area contributed by atoms with Crippen molar-refractivity contribution in [1.29, 1.82) is 0 Å². The van der Waals surface area contributed by atoms with Gasteiger partial charge in [0.05, 0.1) is 19.3 Å². The zero-order chi connectivity index (χ0) is 15.7. The van der Waals surface area contributed by atoms with Crippen LogP contribution in [0.1, 0.15) is 35.7 Å². The normalized spacial score (nSPS) is 21.5. The lowest BCUT2D eigenvalue weighted by Crippen LogP contribution is -2.31. The predicted molar refractivity (Wildman–Crippen MR) is 83.4 cm³/mol. The van der Waals surface area contributed by atoms with Gasteiger partial charge in [0.25, 0.3) is 0 Å². The van der Waals surface area contributed by atoms with E-state index in [9.17, 15) is 9.50 Å². The summed E-state index contributed by atoms with van der Waals surface area (Å²) in [6, 6.07) is 12.8. The van der Waals surface area contributed by atoms with Crippen molar-refractivity contribution in [2.24, 2.45) is 0 Å². The van der Waals surface area contributed by atoms with Crippen LogP contribution in [0.3, 0.4) is 0 Å². The van der Waals surface area contributed by atoms with Crippen LogP contribution >= 0.6 is 0 Å². The Morgan fingerprint density at radius 3 is 2.77 bits per heavy atom. The highest BCUT2D eigenvalue weighted by atomic mass is 19.1. The van der Waals surface area contributed by atoms with E-state index in [0.717, 1.165) is 11.1 Å². The van der Waals surface area contributed by atoms with E-state index >= 15 is 0 Å². The van der Waals surface area contributed by atoms with Gasteiger partial charge < -0.3 is 15.2 Å². The van der Waals surface area contributed by atoms with Crippen LogP contribution in [0.4, 0.5) is 4.39 Å². The van der Waals surface area contributed by atoms with Crippen molar-refractivity contribution in [2.45, 2.75) is 31.5 Å². The first-order chi connectivity index (χ1) is 10.6. The Bertz CT molecular complexity index is 674. The summed E-state index contributed by atoms with van der Waals surface area (Å²) in [5, 5.41) is 13.7. The molecule has 0 amide bonds. The molecule has 2 aromatic carbocycles. The molecule has 3 atom stereocenters. The smallest absolute Gasteiger partial charge is 0.165 e. The molecular formula is C18H20FNO2. The molecule has 0 saturated heterocycles. The van der Waals surface area contributed by atoms with Crippen LogP contribution < -0.4 is 10.1 Å². The molecule has 0 aliphatic heterocycles. The molecule has 0 aromatic heterocycles. The van der Waals surface area contributed by atoms with E-state index in [-0.39, 0.29) is 23.7 Å². The number of aliphatic hydroxyl groups is 1. The third kappa shape index (κ3) is 2.72. The Balaban J connectivity index is 1.80. The van der Waals surface area contributed by atoms with Crippen LogP contribution in [-0.2, 0) is 6.42 Å². The lowest BCUT2D eigenvalue weighted by molar-refractivity contribution is 0.136. The van der Waals surface area contributed by atoms with Crippen LogP contribution in [0.5, 0.6) is 5.75 Å². The van der Waals surface area contributed by atoms with Gasteiger partial charge in [0.1, 0.15) is 0 Å². The number of nitrogens with one attached hydrogen (secondary N) is 1. The zero-order valence-corrected chi connectivity index (χ0v) is 12.7. The Labute approximate surface area is 129 Å². The molecule has 116 valence electrons. The molecule has 3 rings (SSSR count). The van der Waals surface area contributed by atoms with Gasteiger partial charge >= 0.3 is 0 Å². The molecule has 4 heteroatoms. The molecule has 0 bridgehead atoms. The highest BCUT2D eigenvalue weighted by Crippen LogP contribution is 2.33. The molecule has 0 radical (unpaired) electrons. The van der Waals surface area contributed by atoms with E-state index in [0.29, 0.717) is 6.42 Å². The maximum Gasteiger partial charge on any atom is 0.165 e. The lowest BCUT2D eigenvalue weighted by Gasteiger charge is -2.23. The number of ether oxygens (including phenoxy) is 1. The number of methoxy groups -OCH3 is 1. The third-order valence-electron chi connectivity index (χ3n) is 4.31. The first-order valence-electron chi connectivity index (χ1n) is 7.45. The topological polar surface area (TPSA) is 41.5 Å². The Kier molecular flexibility index (Phi) is 4.14. The molecule has 0 saturated carbocycles. The third-order valence-corrected chi connectivity index (χ3v) is 4.31. The second-order valence-electron chi connectivity index (χ2n) is 5.73. The van der Waals surface area contributed by atoms with Gasteiger partial charge in [0.2, 0.25) is 0 Å². The molecule has 0 spiro atoms. The van der Waals surface area contributed by atoms with Gasteiger partial charge in [0, 0.05) is 12.5 Å². The van der Waals surface area contributed by atoms with E-state index in [4.69, 9.17) is 4.74 Å². The number of aliphatic hydroxyl groups excluding tert-OH is 1. The van der Waals surface area contributed by atoms with Crippen molar-refractivity contribution >= 4 is 0 Å². The Morgan fingerprint density at radius 2 is 2.05 bits per heavy atom. The van der Waals surface area contributed by atoms with E-state index in [2.05, 4.69) is 5.32 Å². The highest BCUT2D eigenvalue weighted by Gasteiger charge is 2.31. The van der Waals surface area contributed by atoms with Crippen molar-refractivity contribution < 1.29 is 14.2 Å². The fourth-order valence-corrected chi connectivity index (χ4v) is 3.09. The molecule has 1 aliphatic carbocycles. The van der Waals surface area contributed by atoms with Gasteiger partial charge in [-0.25, -0.2) is 4.39 Å². The standard InChI is InChI=1S/C18H20FNO2/c1-11(12-7-8-17(22-2)15(19)9-12)20-18-14-6-4-3-5-13(14)10-16(18)21/h3-9,11,16,18,20-21H,10H2,1-2H3. The highest BCUT2D eigenvalue weighted by molar-refractivity contribution is 5.37. The summed E-state index contributed by atoms with van der Waals surface area (Å²) in [4.78, 5) is 0. The van der Waals surface area contributed by atoms with Crippen molar-refractivity contribution in [3.05, 3.63) is 65.0 Å². The maximum atomic E-state index is 13.8. The number of benzene rings is 2. The summed E-state index contributed by atoms with van der Waals surface area (Å²) in [6.45, 7) is 1.97. The molecule has 3 nitrogen and oxygen atoms in total. The van der Waals surface area contributed by atoms with Gasteiger partial charge in [-0.15, -0.1) is 0 Å². The molecule has 0 fully saturated rings. The number of hydrogen-bond donors (Lipinski definition) is 2. The minimum Gasteiger partial charge on any atom is -0.494 e. The molecule has 0 heterocycles. The first-order valence-corrected chi connectivity index (χ1v) is 7.45. The number of halogens is 1. The predicted octanol–water partition coefficient (Wildman–Crippen LogP) is 3.14. The Hall–Kier alpha value is -1.91. The largest absolute Gasteiger partial charge is 0.494 e. The molecular weight excluding hydrogens is 281 g/mol. The molecule has 3 unspecified atom stereocenters. The molecule has 22 heavy (non-hydrogen) atoms. The van der Waals surface area contributed by atoms with Crippen LogP contribution in [0.2, 0.25) is 0 Å². The second-order valence-corrected chi connectivity index (χ2v) is 5.73. The van der Waals surface area contributed by atoms with Crippen molar-refractivity contribution in [3.8, 4) is 5.75 Å². The molecule has 1 aliphatic rings. The van der Waals surface area contributed by atoms with E-state index in [1.165, 1.54) is 18.7 Å². The molecule has 2 N–H and O–H groups in total. The minimum atomic E-state index is -0.456. The summed E-state index contributed by atoms with van der Waals surface area (Å²) in [7, 11) is 1.45. The summed E-state index contributed by atoms with van der Waals surface area (Å²) < 4.78 is 18.8. The summed E-state index contributed by atoms with van der Waals surface area (Å²) >= 11 is 0. The van der Waals surface area contributed by atoms with Crippen LogP contribution in [0.25, 0.3) is 0 Å². The van der Waals surface area contributed by atoms with Gasteiger partial charge in [-0.2, -0.15) is 0 Å². The van der Waals surface area contributed by atoms with E-state index in [1.54, 1.807) is 6.07 Å². The van der Waals surface area contributed by atoms with E-state index in [1.807, 2.05) is 37.3 Å². The monoisotopic (exact) mass is 301 g/mol. The van der Waals surface area contributed by atoms with Crippen molar-refractivity contribution in [1.82, 2.24) is 5.32 Å². The van der Waals surface area contributed by atoms with Crippen LogP contribution in [0.15, 0.2) is 42.5 Å². The fraction of sp³-hybridized carbons (Fsp3) is 0.333. The summed E-state index contributed by atoms with van der Waals surface area (Å²) in [6.07, 6.45) is 0.195. The van der Waals surface area contributed by atoms with Gasteiger partial charge in [0.15, 0.2) is 11.6 Å². The van der Waals surface area contributed by atoms with Crippen molar-refractivity contribution in [3.63, 3.8) is 0 Å². The number of hydrogen-bond acceptors (Lipinski definition) is 3. The Morgan fingerprint density at radius 1 is 1.27 bits per heavy atom.